The summed E-state index contributed by atoms with van der Waals surface area (Å²) in [5.41, 5.74) is 2.03. The molecule has 1 aromatic heterocycles. The molecule has 0 aliphatic carbocycles. The zero-order chi connectivity index (χ0) is 12.8. The molecule has 18 heavy (non-hydrogen) atoms. The fourth-order valence-electron chi connectivity index (χ4n) is 1.66. The molecule has 1 aromatic carbocycles. The van der Waals surface area contributed by atoms with E-state index in [1.54, 1.807) is 0 Å². The van der Waals surface area contributed by atoms with E-state index in [9.17, 15) is 0 Å². The molecule has 0 fully saturated rings. The molecule has 2 aromatic rings. The summed E-state index contributed by atoms with van der Waals surface area (Å²) < 4.78 is 0. The monoisotopic (exact) mass is 241 g/mol. The Kier molecular flexibility index (Phi) is 4.29. The van der Waals surface area contributed by atoms with E-state index >= 15 is 0 Å². The predicted octanol–water partition coefficient (Wildman–Crippen LogP) is 3.60. The van der Waals surface area contributed by atoms with Crippen molar-refractivity contribution in [1.29, 1.82) is 0 Å². The molecule has 0 saturated carbocycles. The second-order valence-corrected chi connectivity index (χ2v) is 4.77. The molecule has 2 rings (SSSR count). The maximum absolute atomic E-state index is 4.37. The Morgan fingerprint density at radius 3 is 2.33 bits per heavy atom. The van der Waals surface area contributed by atoms with Crippen LogP contribution in [0.1, 0.15) is 20.3 Å². The number of nitrogens with one attached hydrogen (secondary N) is 1. The second kappa shape index (κ2) is 6.15. The number of rotatable bonds is 5. The van der Waals surface area contributed by atoms with E-state index in [0.29, 0.717) is 5.92 Å². The first-order valence-corrected chi connectivity index (χ1v) is 6.37. The van der Waals surface area contributed by atoms with Crippen molar-refractivity contribution in [2.75, 3.05) is 11.9 Å². The summed E-state index contributed by atoms with van der Waals surface area (Å²) in [4.78, 5) is 8.75. The van der Waals surface area contributed by atoms with Crippen LogP contribution in [0.25, 0.3) is 11.4 Å². The Labute approximate surface area is 108 Å². The van der Waals surface area contributed by atoms with Gasteiger partial charge in [-0.15, -0.1) is 0 Å². The molecule has 0 radical (unpaired) electrons. The van der Waals surface area contributed by atoms with Gasteiger partial charge in [0.15, 0.2) is 5.82 Å². The number of hydrogen-bond acceptors (Lipinski definition) is 3. The van der Waals surface area contributed by atoms with Gasteiger partial charge in [-0.3, -0.25) is 0 Å². The van der Waals surface area contributed by atoms with Crippen LogP contribution in [0.15, 0.2) is 42.7 Å². The molecule has 0 saturated heterocycles. The van der Waals surface area contributed by atoms with Crippen LogP contribution in [0.2, 0.25) is 0 Å². The largest absolute Gasteiger partial charge is 0.383 e. The number of hydrogen-bond donors (Lipinski definition) is 1. The van der Waals surface area contributed by atoms with Gasteiger partial charge in [0, 0.05) is 12.1 Å². The minimum atomic E-state index is 0.710. The highest BCUT2D eigenvalue weighted by atomic mass is 14.9. The van der Waals surface area contributed by atoms with Gasteiger partial charge < -0.3 is 5.32 Å². The lowest BCUT2D eigenvalue weighted by Crippen LogP contribution is -2.05. The topological polar surface area (TPSA) is 37.8 Å². The van der Waals surface area contributed by atoms with Crippen LogP contribution < -0.4 is 5.32 Å². The van der Waals surface area contributed by atoms with Crippen LogP contribution in [0.4, 0.5) is 5.69 Å². The molecule has 3 nitrogen and oxygen atoms in total. The molecule has 0 spiro atoms. The van der Waals surface area contributed by atoms with Gasteiger partial charge in [0.05, 0.1) is 18.1 Å². The van der Waals surface area contributed by atoms with Crippen LogP contribution >= 0.6 is 0 Å². The minimum Gasteiger partial charge on any atom is -0.383 e. The standard InChI is InChI=1S/C15H19N3/c1-12(2)8-9-16-14-10-17-15(18-11-14)13-6-4-3-5-7-13/h3-7,10-12,16H,8-9H2,1-2H3. The third-order valence-electron chi connectivity index (χ3n) is 2.73. The van der Waals surface area contributed by atoms with Crippen molar-refractivity contribution in [3.05, 3.63) is 42.7 Å². The molecule has 94 valence electrons. The van der Waals surface area contributed by atoms with E-state index in [1.807, 2.05) is 42.7 Å². The van der Waals surface area contributed by atoms with Crippen molar-refractivity contribution in [3.8, 4) is 11.4 Å². The van der Waals surface area contributed by atoms with Gasteiger partial charge in [-0.1, -0.05) is 44.2 Å². The quantitative estimate of drug-likeness (QED) is 0.869. The van der Waals surface area contributed by atoms with Gasteiger partial charge in [0.25, 0.3) is 0 Å². The van der Waals surface area contributed by atoms with Crippen molar-refractivity contribution in [1.82, 2.24) is 9.97 Å². The zero-order valence-electron chi connectivity index (χ0n) is 10.9. The molecule has 3 heteroatoms. The summed E-state index contributed by atoms with van der Waals surface area (Å²) in [6.45, 7) is 5.40. The first-order chi connectivity index (χ1) is 8.75. The summed E-state index contributed by atoms with van der Waals surface area (Å²) in [6.07, 6.45) is 4.84. The lowest BCUT2D eigenvalue weighted by atomic mass is 10.1. The predicted molar refractivity (Wildman–Crippen MR) is 75.4 cm³/mol. The molecule has 1 N–H and O–H groups in total. The van der Waals surface area contributed by atoms with E-state index in [4.69, 9.17) is 0 Å². The highest BCUT2D eigenvalue weighted by Gasteiger charge is 2.00. The average molecular weight is 241 g/mol. The van der Waals surface area contributed by atoms with Crippen LogP contribution in [-0.2, 0) is 0 Å². The van der Waals surface area contributed by atoms with Gasteiger partial charge in [0.1, 0.15) is 0 Å². The lowest BCUT2D eigenvalue weighted by Gasteiger charge is -2.08. The fourth-order valence-corrected chi connectivity index (χ4v) is 1.66. The Morgan fingerprint density at radius 2 is 1.72 bits per heavy atom. The molecule has 0 aliphatic rings. The highest BCUT2D eigenvalue weighted by Crippen LogP contribution is 2.14. The normalized spacial score (nSPS) is 10.6. The molecule has 0 unspecified atom stereocenters. The van der Waals surface area contributed by atoms with Crippen LogP contribution in [0.3, 0.4) is 0 Å². The minimum absolute atomic E-state index is 0.710. The summed E-state index contributed by atoms with van der Waals surface area (Å²) in [5.74, 6) is 1.48. The van der Waals surface area contributed by atoms with Crippen LogP contribution in [0.5, 0.6) is 0 Å². The van der Waals surface area contributed by atoms with Crippen molar-refractivity contribution < 1.29 is 0 Å². The number of nitrogens with zero attached hydrogens (tertiary/aromatic N) is 2. The van der Waals surface area contributed by atoms with E-state index in [1.165, 1.54) is 0 Å². The molecule has 0 bridgehead atoms. The summed E-state index contributed by atoms with van der Waals surface area (Å²) in [6, 6.07) is 10.0. The van der Waals surface area contributed by atoms with Gasteiger partial charge in [-0.2, -0.15) is 0 Å². The highest BCUT2D eigenvalue weighted by molar-refractivity contribution is 5.55. The Hall–Kier alpha value is -1.90. The van der Waals surface area contributed by atoms with Gasteiger partial charge in [-0.25, -0.2) is 9.97 Å². The SMILES string of the molecule is CC(C)CCNc1cnc(-c2ccccc2)nc1. The Balaban J connectivity index is 1.98. The first-order valence-electron chi connectivity index (χ1n) is 6.37. The smallest absolute Gasteiger partial charge is 0.159 e. The molecule has 0 aliphatic heterocycles. The summed E-state index contributed by atoms with van der Waals surface area (Å²) in [7, 11) is 0. The van der Waals surface area contributed by atoms with Gasteiger partial charge in [0.2, 0.25) is 0 Å². The van der Waals surface area contributed by atoms with Crippen LogP contribution in [0, 0.1) is 5.92 Å². The molecular weight excluding hydrogens is 222 g/mol. The van der Waals surface area contributed by atoms with E-state index < -0.39 is 0 Å². The second-order valence-electron chi connectivity index (χ2n) is 4.77. The van der Waals surface area contributed by atoms with E-state index in [0.717, 1.165) is 30.0 Å². The zero-order valence-corrected chi connectivity index (χ0v) is 10.9. The lowest BCUT2D eigenvalue weighted by molar-refractivity contribution is 0.607. The van der Waals surface area contributed by atoms with Crippen LogP contribution in [-0.4, -0.2) is 16.5 Å². The number of benzene rings is 1. The molecule has 0 atom stereocenters. The van der Waals surface area contributed by atoms with Gasteiger partial charge in [-0.05, 0) is 12.3 Å². The molecule has 0 amide bonds. The average Bonchev–Trinajstić information content (AvgIpc) is 2.40. The third-order valence-corrected chi connectivity index (χ3v) is 2.73. The van der Waals surface area contributed by atoms with Gasteiger partial charge >= 0.3 is 0 Å². The van der Waals surface area contributed by atoms with E-state index in [2.05, 4.69) is 29.1 Å². The Morgan fingerprint density at radius 1 is 1.06 bits per heavy atom. The molecule has 1 heterocycles. The number of anilines is 1. The van der Waals surface area contributed by atoms with Crippen molar-refractivity contribution in [3.63, 3.8) is 0 Å². The third kappa shape index (κ3) is 3.55. The summed E-state index contributed by atoms with van der Waals surface area (Å²) >= 11 is 0. The maximum atomic E-state index is 4.37. The maximum Gasteiger partial charge on any atom is 0.159 e. The van der Waals surface area contributed by atoms with Crippen molar-refractivity contribution in [2.24, 2.45) is 5.92 Å². The van der Waals surface area contributed by atoms with Crippen molar-refractivity contribution >= 4 is 5.69 Å². The van der Waals surface area contributed by atoms with E-state index in [-0.39, 0.29) is 0 Å². The van der Waals surface area contributed by atoms with Crippen molar-refractivity contribution in [2.45, 2.75) is 20.3 Å². The fraction of sp³-hybridized carbons (Fsp3) is 0.333. The first kappa shape index (κ1) is 12.6. The summed E-state index contributed by atoms with van der Waals surface area (Å²) in [5, 5.41) is 3.33. The Bertz CT molecular complexity index is 463. The molecular formula is C15H19N3. The number of aromatic nitrogens is 2.